The van der Waals surface area contributed by atoms with Crippen molar-refractivity contribution in [2.75, 3.05) is 26.4 Å². The molecule has 2 aliphatic heterocycles. The van der Waals surface area contributed by atoms with Gasteiger partial charge in [0, 0.05) is 12.8 Å². The fourth-order valence-corrected chi connectivity index (χ4v) is 7.67. The summed E-state index contributed by atoms with van der Waals surface area (Å²) in [6, 6.07) is 0. The molecular formula is C53H90O15. The zero-order chi connectivity index (χ0) is 49.6. The molecule has 0 amide bonds. The van der Waals surface area contributed by atoms with Gasteiger partial charge >= 0.3 is 11.9 Å². The van der Waals surface area contributed by atoms with E-state index < -0.39 is 99.3 Å². The molecule has 0 aliphatic carbocycles. The second kappa shape index (κ2) is 39.9. The van der Waals surface area contributed by atoms with Gasteiger partial charge in [-0.15, -0.1) is 0 Å². The van der Waals surface area contributed by atoms with E-state index in [4.69, 9.17) is 28.4 Å². The molecule has 15 heteroatoms. The maximum absolute atomic E-state index is 13.0. The van der Waals surface area contributed by atoms with Gasteiger partial charge in [0.2, 0.25) is 0 Å². The van der Waals surface area contributed by atoms with Crippen LogP contribution in [0.3, 0.4) is 0 Å². The third-order valence-electron chi connectivity index (χ3n) is 12.0. The molecule has 2 heterocycles. The van der Waals surface area contributed by atoms with Crippen LogP contribution in [0.2, 0.25) is 0 Å². The van der Waals surface area contributed by atoms with Crippen LogP contribution >= 0.6 is 0 Å². The Morgan fingerprint density at radius 2 is 0.897 bits per heavy atom. The number of hydrogen-bond donors (Lipinski definition) is 7. The van der Waals surface area contributed by atoms with Gasteiger partial charge in [-0.1, -0.05) is 139 Å². The predicted molar refractivity (Wildman–Crippen MR) is 261 cm³/mol. The molecule has 68 heavy (non-hydrogen) atoms. The fourth-order valence-electron chi connectivity index (χ4n) is 7.67. The molecule has 2 saturated heterocycles. The molecule has 7 N–H and O–H groups in total. The maximum atomic E-state index is 13.0. The number of allylic oxidation sites excluding steroid dienone is 10. The van der Waals surface area contributed by atoms with Crippen molar-refractivity contribution in [1.82, 2.24) is 0 Å². The lowest BCUT2D eigenvalue weighted by molar-refractivity contribution is -0.332. The van der Waals surface area contributed by atoms with Gasteiger partial charge in [0.05, 0.1) is 19.8 Å². The molecule has 11 atom stereocenters. The van der Waals surface area contributed by atoms with Crippen LogP contribution in [-0.4, -0.2) is 142 Å². The maximum Gasteiger partial charge on any atom is 0.306 e. The zero-order valence-corrected chi connectivity index (χ0v) is 41.3. The zero-order valence-electron chi connectivity index (χ0n) is 41.3. The molecule has 2 rings (SSSR count). The van der Waals surface area contributed by atoms with E-state index >= 15 is 0 Å². The number of aliphatic hydroxyl groups is 7. The molecule has 0 spiro atoms. The first kappa shape index (κ1) is 61.3. The van der Waals surface area contributed by atoms with Gasteiger partial charge in [0.15, 0.2) is 18.7 Å². The number of unbranched alkanes of at least 4 members (excludes halogenated alkanes) is 15. The molecule has 0 aromatic rings. The Morgan fingerprint density at radius 1 is 0.471 bits per heavy atom. The van der Waals surface area contributed by atoms with Gasteiger partial charge in [-0.2, -0.15) is 0 Å². The Morgan fingerprint density at radius 3 is 1.46 bits per heavy atom. The quantitative estimate of drug-likeness (QED) is 0.0183. The summed E-state index contributed by atoms with van der Waals surface area (Å²) in [5.74, 6) is -1.01. The molecule has 2 fully saturated rings. The molecule has 15 nitrogen and oxygen atoms in total. The van der Waals surface area contributed by atoms with E-state index in [2.05, 4.69) is 68.5 Å². The molecule has 2 aliphatic rings. The van der Waals surface area contributed by atoms with E-state index in [0.29, 0.717) is 19.3 Å². The molecule has 0 saturated carbocycles. The van der Waals surface area contributed by atoms with Crippen LogP contribution in [0.1, 0.15) is 168 Å². The highest BCUT2D eigenvalue weighted by Gasteiger charge is 2.47. The van der Waals surface area contributed by atoms with Crippen molar-refractivity contribution in [3.8, 4) is 0 Å². The molecular weight excluding hydrogens is 877 g/mol. The lowest BCUT2D eigenvalue weighted by Crippen LogP contribution is -2.61. The average Bonchev–Trinajstić information content (AvgIpc) is 3.33. The van der Waals surface area contributed by atoms with Crippen LogP contribution < -0.4 is 0 Å². The van der Waals surface area contributed by atoms with E-state index in [0.717, 1.165) is 64.2 Å². The molecule has 4 unspecified atom stereocenters. The van der Waals surface area contributed by atoms with Crippen molar-refractivity contribution in [3.63, 3.8) is 0 Å². The van der Waals surface area contributed by atoms with E-state index in [1.807, 2.05) is 6.08 Å². The first-order chi connectivity index (χ1) is 33.0. The highest BCUT2D eigenvalue weighted by Crippen LogP contribution is 2.26. The average molecular weight is 967 g/mol. The van der Waals surface area contributed by atoms with Gasteiger partial charge < -0.3 is 64.2 Å². The molecule has 0 bridgehead atoms. The Kier molecular flexibility index (Phi) is 36.0. The molecule has 392 valence electrons. The van der Waals surface area contributed by atoms with Gasteiger partial charge in [0.25, 0.3) is 0 Å². The summed E-state index contributed by atoms with van der Waals surface area (Å²) >= 11 is 0. The molecule has 0 aromatic carbocycles. The van der Waals surface area contributed by atoms with E-state index in [1.165, 1.54) is 57.8 Å². The predicted octanol–water partition coefficient (Wildman–Crippen LogP) is 7.27. The molecule has 0 aromatic heterocycles. The smallest absolute Gasteiger partial charge is 0.306 e. The van der Waals surface area contributed by atoms with Crippen LogP contribution in [0, 0.1) is 0 Å². The topological polar surface area (TPSA) is 231 Å². The standard InChI is InChI=1S/C53H90O15/c1-3-5-7-9-11-13-15-17-19-20-22-24-26-28-30-32-34-36-45(56)66-41(38-63-44(55)35-33-31-29-27-25-23-21-18-16-14-12-10-8-6-4-2)39-64-52-51(62)49(60)47(58)43(68-52)40-65-53-50(61)48(59)46(57)42(37-54)67-53/h12,14,17-19,21-22,24,28,30,41-43,46-54,57-62H,3-11,13,15-16,20,23,25-27,29,31-40H2,1-2H3/b14-12+,19-17+,21-18+,24-22+,30-28+/t41-,42+,43+,46-,47-,48?,49?,50?,51?,52+,53+/m1/s1. The summed E-state index contributed by atoms with van der Waals surface area (Å²) in [7, 11) is 0. The number of rotatable bonds is 39. The minimum absolute atomic E-state index is 0.0881. The minimum atomic E-state index is -1.78. The van der Waals surface area contributed by atoms with Crippen molar-refractivity contribution in [1.29, 1.82) is 0 Å². The fraction of sp³-hybridized carbons (Fsp3) is 0.774. The summed E-state index contributed by atoms with van der Waals surface area (Å²) < 4.78 is 33.5. The Balaban J connectivity index is 1.85. The van der Waals surface area contributed by atoms with Gasteiger partial charge in [-0.05, 0) is 77.0 Å². The van der Waals surface area contributed by atoms with Crippen LogP contribution in [0.4, 0.5) is 0 Å². The molecule has 0 radical (unpaired) electrons. The summed E-state index contributed by atoms with van der Waals surface area (Å²) in [4.78, 5) is 25.7. The lowest BCUT2D eigenvalue weighted by atomic mass is 9.98. The Labute approximate surface area is 407 Å². The normalized spacial score (nSPS) is 26.2. The van der Waals surface area contributed by atoms with Crippen molar-refractivity contribution >= 4 is 11.9 Å². The first-order valence-corrected chi connectivity index (χ1v) is 25.9. The SMILES string of the molecule is CCCCC/C=C/C/C=C/CCCCCCCC(=O)OC[C@H](CO[C@H]1O[C@@H](CO[C@H]2O[C@@H](CO)[C@@H](O)C(O)C2O)[C@@H](O)C(O)C1O)OC(=O)CCC/C=C/C/C=C/C/C=C/CCCCCCCC. The second-order valence-electron chi connectivity index (χ2n) is 18.0. The largest absolute Gasteiger partial charge is 0.462 e. The van der Waals surface area contributed by atoms with Crippen molar-refractivity contribution in [3.05, 3.63) is 60.8 Å². The lowest BCUT2D eigenvalue weighted by Gasteiger charge is -2.42. The monoisotopic (exact) mass is 967 g/mol. The summed E-state index contributed by atoms with van der Waals surface area (Å²) in [5.41, 5.74) is 0. The third kappa shape index (κ3) is 27.6. The van der Waals surface area contributed by atoms with Gasteiger partial charge in [-0.25, -0.2) is 0 Å². The van der Waals surface area contributed by atoms with Crippen molar-refractivity contribution in [2.45, 2.75) is 235 Å². The summed E-state index contributed by atoms with van der Waals surface area (Å²) in [6.45, 7) is 2.48. The number of carbonyl (C=O) groups is 2. The van der Waals surface area contributed by atoms with E-state index in [-0.39, 0.29) is 19.4 Å². The van der Waals surface area contributed by atoms with Crippen molar-refractivity contribution < 1.29 is 73.8 Å². The van der Waals surface area contributed by atoms with Gasteiger partial charge in [0.1, 0.15) is 55.4 Å². The van der Waals surface area contributed by atoms with Crippen LogP contribution in [0.25, 0.3) is 0 Å². The Bertz CT molecular complexity index is 1420. The van der Waals surface area contributed by atoms with Gasteiger partial charge in [-0.3, -0.25) is 9.59 Å². The number of ether oxygens (including phenoxy) is 6. The van der Waals surface area contributed by atoms with Crippen LogP contribution in [0.15, 0.2) is 60.8 Å². The van der Waals surface area contributed by atoms with Crippen LogP contribution in [0.5, 0.6) is 0 Å². The third-order valence-corrected chi connectivity index (χ3v) is 12.0. The van der Waals surface area contributed by atoms with E-state index in [1.54, 1.807) is 0 Å². The minimum Gasteiger partial charge on any atom is -0.462 e. The highest BCUT2D eigenvalue weighted by atomic mass is 16.7. The summed E-state index contributed by atoms with van der Waals surface area (Å²) in [5, 5.41) is 72.1. The second-order valence-corrected chi connectivity index (χ2v) is 18.0. The summed E-state index contributed by atoms with van der Waals surface area (Å²) in [6.07, 6.45) is 28.2. The number of aliphatic hydroxyl groups excluding tert-OH is 7. The number of esters is 2. The van der Waals surface area contributed by atoms with Crippen LogP contribution in [-0.2, 0) is 38.0 Å². The number of carbonyl (C=O) groups excluding carboxylic acids is 2. The first-order valence-electron chi connectivity index (χ1n) is 25.9. The van der Waals surface area contributed by atoms with Crippen molar-refractivity contribution in [2.24, 2.45) is 0 Å². The highest BCUT2D eigenvalue weighted by molar-refractivity contribution is 5.70. The number of hydrogen-bond acceptors (Lipinski definition) is 15. The van der Waals surface area contributed by atoms with E-state index in [9.17, 15) is 45.3 Å². The Hall–Kier alpha value is -2.80.